The van der Waals surface area contributed by atoms with Crippen molar-refractivity contribution >= 4 is 17.5 Å². The van der Waals surface area contributed by atoms with Gasteiger partial charge in [0.25, 0.3) is 0 Å². The number of rotatable bonds is 6. The number of halogens is 1. The quantitative estimate of drug-likeness (QED) is 0.676. The van der Waals surface area contributed by atoms with Gasteiger partial charge < -0.3 is 9.80 Å². The molecule has 0 saturated carbocycles. The molecule has 1 fully saturated rings. The SMILES string of the molecule is CC(C(=O)N(C)Cc1cccc(F)c1)N1CCN(CC(=O)N2CCCc3ccccc32)CC1. The second-order valence-corrected chi connectivity index (χ2v) is 9.09. The number of para-hydroxylation sites is 1. The highest BCUT2D eigenvalue weighted by atomic mass is 19.1. The second-order valence-electron chi connectivity index (χ2n) is 9.09. The lowest BCUT2D eigenvalue weighted by Crippen LogP contribution is -2.55. The number of carbonyl (C=O) groups is 2. The number of benzene rings is 2. The summed E-state index contributed by atoms with van der Waals surface area (Å²) in [5, 5.41) is 0. The molecule has 0 N–H and O–H groups in total. The second kappa shape index (κ2) is 10.4. The van der Waals surface area contributed by atoms with Gasteiger partial charge in [-0.25, -0.2) is 4.39 Å². The number of amides is 2. The van der Waals surface area contributed by atoms with E-state index < -0.39 is 0 Å². The first-order valence-corrected chi connectivity index (χ1v) is 11.8. The molecular formula is C26H33FN4O2. The van der Waals surface area contributed by atoms with Crippen LogP contribution in [0.5, 0.6) is 0 Å². The molecule has 4 rings (SSSR count). The highest BCUT2D eigenvalue weighted by Crippen LogP contribution is 2.27. The summed E-state index contributed by atoms with van der Waals surface area (Å²) < 4.78 is 13.4. The smallest absolute Gasteiger partial charge is 0.241 e. The summed E-state index contributed by atoms with van der Waals surface area (Å²) >= 11 is 0. The lowest BCUT2D eigenvalue weighted by atomic mass is 10.0. The van der Waals surface area contributed by atoms with Crippen LogP contribution in [0, 0.1) is 5.82 Å². The van der Waals surface area contributed by atoms with E-state index in [2.05, 4.69) is 15.9 Å². The molecule has 6 nitrogen and oxygen atoms in total. The van der Waals surface area contributed by atoms with Gasteiger partial charge in [-0.05, 0) is 49.1 Å². The Morgan fingerprint density at radius 3 is 2.55 bits per heavy atom. The first kappa shape index (κ1) is 23.4. The first-order valence-electron chi connectivity index (χ1n) is 11.8. The fourth-order valence-corrected chi connectivity index (χ4v) is 4.84. The maximum atomic E-state index is 13.4. The highest BCUT2D eigenvalue weighted by Gasteiger charge is 2.29. The topological polar surface area (TPSA) is 47.1 Å². The van der Waals surface area contributed by atoms with Crippen molar-refractivity contribution in [2.24, 2.45) is 0 Å². The Morgan fingerprint density at radius 1 is 1.03 bits per heavy atom. The van der Waals surface area contributed by atoms with Crippen molar-refractivity contribution in [1.29, 1.82) is 0 Å². The summed E-state index contributed by atoms with van der Waals surface area (Å²) in [5.41, 5.74) is 3.07. The van der Waals surface area contributed by atoms with E-state index in [1.54, 1.807) is 18.0 Å². The molecule has 7 heteroatoms. The minimum Gasteiger partial charge on any atom is -0.340 e. The Bertz CT molecular complexity index is 990. The molecule has 33 heavy (non-hydrogen) atoms. The fraction of sp³-hybridized carbons (Fsp3) is 0.462. The maximum Gasteiger partial charge on any atom is 0.241 e. The first-order chi connectivity index (χ1) is 15.9. The van der Waals surface area contributed by atoms with Gasteiger partial charge in [0.1, 0.15) is 5.82 Å². The molecule has 0 aliphatic carbocycles. The Morgan fingerprint density at radius 2 is 1.79 bits per heavy atom. The van der Waals surface area contributed by atoms with E-state index in [0.717, 1.165) is 56.8 Å². The van der Waals surface area contributed by atoms with Gasteiger partial charge in [0, 0.05) is 52.0 Å². The van der Waals surface area contributed by atoms with Gasteiger partial charge in [-0.3, -0.25) is 19.4 Å². The van der Waals surface area contributed by atoms with Crippen molar-refractivity contribution in [3.8, 4) is 0 Å². The average Bonchev–Trinajstić information content (AvgIpc) is 2.83. The molecule has 2 aliphatic rings. The lowest BCUT2D eigenvalue weighted by molar-refractivity contribution is -0.136. The van der Waals surface area contributed by atoms with Crippen LogP contribution < -0.4 is 4.90 Å². The van der Waals surface area contributed by atoms with Crippen LogP contribution in [0.3, 0.4) is 0 Å². The molecule has 2 aromatic rings. The molecule has 2 heterocycles. The molecule has 1 unspecified atom stereocenters. The monoisotopic (exact) mass is 452 g/mol. The third kappa shape index (κ3) is 5.60. The van der Waals surface area contributed by atoms with Crippen molar-refractivity contribution in [2.75, 3.05) is 51.2 Å². The minimum atomic E-state index is -0.292. The van der Waals surface area contributed by atoms with E-state index in [9.17, 15) is 14.0 Å². The van der Waals surface area contributed by atoms with Crippen LogP contribution in [-0.4, -0.2) is 78.9 Å². The predicted octanol–water partition coefficient (Wildman–Crippen LogP) is 2.77. The summed E-state index contributed by atoms with van der Waals surface area (Å²) in [7, 11) is 1.76. The van der Waals surface area contributed by atoms with Gasteiger partial charge in [0.2, 0.25) is 11.8 Å². The molecule has 0 spiro atoms. The van der Waals surface area contributed by atoms with Crippen molar-refractivity contribution in [1.82, 2.24) is 14.7 Å². The Hall–Kier alpha value is -2.77. The fourth-order valence-electron chi connectivity index (χ4n) is 4.84. The number of likely N-dealkylation sites (N-methyl/N-ethyl adjacent to an activating group) is 1. The summed E-state index contributed by atoms with van der Waals surface area (Å²) in [4.78, 5) is 33.9. The summed E-state index contributed by atoms with van der Waals surface area (Å²) in [6, 6.07) is 14.3. The molecule has 0 radical (unpaired) electrons. The van der Waals surface area contributed by atoms with Crippen LogP contribution >= 0.6 is 0 Å². The standard InChI is InChI=1S/C26H33FN4O2/c1-20(26(33)28(2)18-21-7-5-10-23(27)17-21)30-15-13-29(14-16-30)19-25(32)31-12-6-9-22-8-3-4-11-24(22)31/h3-5,7-8,10-11,17,20H,6,9,12-16,18-19H2,1-2H3. The molecular weight excluding hydrogens is 419 g/mol. The lowest BCUT2D eigenvalue weighted by Gasteiger charge is -2.39. The normalized spacial score (nSPS) is 18.0. The van der Waals surface area contributed by atoms with E-state index in [-0.39, 0.29) is 23.7 Å². The van der Waals surface area contributed by atoms with E-state index in [4.69, 9.17) is 0 Å². The number of anilines is 1. The largest absolute Gasteiger partial charge is 0.340 e. The summed E-state index contributed by atoms with van der Waals surface area (Å²) in [6.45, 7) is 6.49. The Labute approximate surface area is 195 Å². The third-order valence-corrected chi connectivity index (χ3v) is 6.77. The number of hydrogen-bond acceptors (Lipinski definition) is 4. The van der Waals surface area contributed by atoms with Gasteiger partial charge >= 0.3 is 0 Å². The van der Waals surface area contributed by atoms with Crippen LogP contribution in [0.4, 0.5) is 10.1 Å². The van der Waals surface area contributed by atoms with E-state index >= 15 is 0 Å². The van der Waals surface area contributed by atoms with Crippen molar-refractivity contribution < 1.29 is 14.0 Å². The number of aryl methyl sites for hydroxylation is 1. The molecule has 1 saturated heterocycles. The molecule has 2 aromatic carbocycles. The molecule has 176 valence electrons. The van der Waals surface area contributed by atoms with Crippen molar-refractivity contribution in [3.63, 3.8) is 0 Å². The van der Waals surface area contributed by atoms with Crippen LogP contribution in [0.25, 0.3) is 0 Å². The molecule has 2 aliphatic heterocycles. The maximum absolute atomic E-state index is 13.4. The van der Waals surface area contributed by atoms with Crippen molar-refractivity contribution in [2.45, 2.75) is 32.4 Å². The Balaban J connectivity index is 1.27. The van der Waals surface area contributed by atoms with Crippen molar-refractivity contribution in [3.05, 3.63) is 65.5 Å². The van der Waals surface area contributed by atoms with E-state index in [1.165, 1.54) is 17.7 Å². The van der Waals surface area contributed by atoms with E-state index in [1.807, 2.05) is 36.1 Å². The van der Waals surface area contributed by atoms with Gasteiger partial charge in [0.15, 0.2) is 0 Å². The van der Waals surface area contributed by atoms with Crippen LogP contribution in [0.15, 0.2) is 48.5 Å². The van der Waals surface area contributed by atoms with Gasteiger partial charge in [-0.1, -0.05) is 30.3 Å². The number of nitrogens with zero attached hydrogens (tertiary/aromatic N) is 4. The number of piperazine rings is 1. The summed E-state index contributed by atoms with van der Waals surface area (Å²) in [5.74, 6) is -0.122. The zero-order chi connectivity index (χ0) is 23.4. The minimum absolute atomic E-state index is 0.0220. The number of hydrogen-bond donors (Lipinski definition) is 0. The zero-order valence-corrected chi connectivity index (χ0v) is 19.5. The van der Waals surface area contributed by atoms with Gasteiger partial charge in [-0.15, -0.1) is 0 Å². The highest BCUT2D eigenvalue weighted by molar-refractivity contribution is 5.96. The molecule has 1 atom stereocenters. The third-order valence-electron chi connectivity index (χ3n) is 6.77. The number of carbonyl (C=O) groups excluding carboxylic acids is 2. The van der Waals surface area contributed by atoms with E-state index in [0.29, 0.717) is 13.1 Å². The number of fused-ring (bicyclic) bond motifs is 1. The van der Waals surface area contributed by atoms with Gasteiger partial charge in [-0.2, -0.15) is 0 Å². The van der Waals surface area contributed by atoms with Crippen LogP contribution in [0.1, 0.15) is 24.5 Å². The van der Waals surface area contributed by atoms with Gasteiger partial charge in [0.05, 0.1) is 12.6 Å². The zero-order valence-electron chi connectivity index (χ0n) is 19.5. The van der Waals surface area contributed by atoms with Crippen LogP contribution in [0.2, 0.25) is 0 Å². The summed E-state index contributed by atoms with van der Waals surface area (Å²) in [6.07, 6.45) is 2.03. The Kier molecular flexibility index (Phi) is 7.40. The molecule has 2 amide bonds. The van der Waals surface area contributed by atoms with Crippen LogP contribution in [-0.2, 0) is 22.6 Å². The molecule has 0 aromatic heterocycles. The molecule has 0 bridgehead atoms. The average molecular weight is 453 g/mol. The predicted molar refractivity (Wildman–Crippen MR) is 127 cm³/mol.